The van der Waals surface area contributed by atoms with Crippen LogP contribution >= 0.6 is 0 Å². The SMILES string of the molecule is COc1cc([C@@H]2c3cc4c(c(O[C@H]5O[C@@H](CO)[C@@H](O)[C@@H](O)[C@H]5O)c3C[C@@H]3COC(=O)[C@@H]32)OCO4)cc(OC)c1OC. The summed E-state index contributed by atoms with van der Waals surface area (Å²) in [4.78, 5) is 13.1. The van der Waals surface area contributed by atoms with E-state index < -0.39 is 49.1 Å². The van der Waals surface area contributed by atoms with Gasteiger partial charge in [-0.15, -0.1) is 0 Å². The Hall–Kier alpha value is -3.49. The second kappa shape index (κ2) is 10.7. The number of esters is 1. The van der Waals surface area contributed by atoms with Crippen LogP contribution in [0.4, 0.5) is 0 Å². The summed E-state index contributed by atoms with van der Waals surface area (Å²) in [5, 5.41) is 40.9. The van der Waals surface area contributed by atoms with Crippen molar-refractivity contribution in [1.29, 1.82) is 0 Å². The summed E-state index contributed by atoms with van der Waals surface area (Å²) in [6.45, 7) is -0.507. The molecule has 0 saturated carbocycles. The first kappa shape index (κ1) is 27.7. The van der Waals surface area contributed by atoms with Crippen molar-refractivity contribution in [2.24, 2.45) is 11.8 Å². The van der Waals surface area contributed by atoms with Gasteiger partial charge in [0.15, 0.2) is 23.0 Å². The molecule has 8 atom stereocenters. The molecule has 41 heavy (non-hydrogen) atoms. The Morgan fingerprint density at radius 3 is 2.29 bits per heavy atom. The van der Waals surface area contributed by atoms with E-state index in [0.29, 0.717) is 46.1 Å². The van der Waals surface area contributed by atoms with Crippen LogP contribution in [0.5, 0.6) is 34.5 Å². The maximum absolute atomic E-state index is 13.1. The van der Waals surface area contributed by atoms with Crippen LogP contribution in [0.15, 0.2) is 18.2 Å². The lowest BCUT2D eigenvalue weighted by Crippen LogP contribution is -2.60. The van der Waals surface area contributed by atoms with E-state index in [1.807, 2.05) is 0 Å². The minimum Gasteiger partial charge on any atom is -0.493 e. The fourth-order valence-corrected chi connectivity index (χ4v) is 6.26. The van der Waals surface area contributed by atoms with Crippen molar-refractivity contribution >= 4 is 5.97 Å². The number of aliphatic hydroxyl groups excluding tert-OH is 4. The molecule has 3 heterocycles. The first-order chi connectivity index (χ1) is 19.8. The Labute approximate surface area is 235 Å². The monoisotopic (exact) mass is 576 g/mol. The standard InChI is InChI=1S/C28H32O13/c1-34-15-5-11(6-16(35-2)25(15)36-3)19-13-7-17-26(39-10-38-17)24(14(13)4-12-9-37-27(33)20(12)19)41-28-23(32)22(31)21(30)18(8-29)40-28/h5-7,12,18-23,28-32H,4,8-10H2,1-3H3/t12-,18+,19-,20+,21-,22-,23-,28-/m1/s1. The molecule has 13 nitrogen and oxygen atoms in total. The topological polar surface area (TPSA) is 172 Å². The third-order valence-electron chi connectivity index (χ3n) is 8.27. The third-order valence-corrected chi connectivity index (χ3v) is 8.27. The van der Waals surface area contributed by atoms with Gasteiger partial charge in [-0.1, -0.05) is 0 Å². The molecule has 0 bridgehead atoms. The summed E-state index contributed by atoms with van der Waals surface area (Å²) < 4.78 is 45.5. The Bertz CT molecular complexity index is 1300. The number of aliphatic hydroxyl groups is 4. The van der Waals surface area contributed by atoms with E-state index in [-0.39, 0.29) is 36.8 Å². The van der Waals surface area contributed by atoms with Crippen molar-refractivity contribution in [3.63, 3.8) is 0 Å². The van der Waals surface area contributed by atoms with Gasteiger partial charge in [0.05, 0.1) is 40.5 Å². The van der Waals surface area contributed by atoms with E-state index >= 15 is 0 Å². The fraction of sp³-hybridized carbons (Fsp3) is 0.536. The van der Waals surface area contributed by atoms with Crippen LogP contribution in [0.1, 0.15) is 22.6 Å². The first-order valence-electron chi connectivity index (χ1n) is 13.2. The van der Waals surface area contributed by atoms with Gasteiger partial charge in [0.25, 0.3) is 0 Å². The molecule has 13 heteroatoms. The molecule has 3 aliphatic heterocycles. The highest BCUT2D eigenvalue weighted by atomic mass is 16.7. The van der Waals surface area contributed by atoms with E-state index in [4.69, 9.17) is 37.9 Å². The van der Waals surface area contributed by atoms with Crippen LogP contribution in [0.3, 0.4) is 0 Å². The molecule has 0 unspecified atom stereocenters. The van der Waals surface area contributed by atoms with Gasteiger partial charge in [0.1, 0.15) is 24.4 Å². The van der Waals surface area contributed by atoms with Gasteiger partial charge in [-0.2, -0.15) is 0 Å². The van der Waals surface area contributed by atoms with Gasteiger partial charge in [-0.25, -0.2) is 0 Å². The second-order valence-corrected chi connectivity index (χ2v) is 10.4. The van der Waals surface area contributed by atoms with Gasteiger partial charge < -0.3 is 58.3 Å². The Morgan fingerprint density at radius 2 is 1.63 bits per heavy atom. The maximum Gasteiger partial charge on any atom is 0.310 e. The number of carbonyl (C=O) groups is 1. The minimum atomic E-state index is -1.64. The van der Waals surface area contributed by atoms with E-state index in [0.717, 1.165) is 0 Å². The number of cyclic esters (lactones) is 1. The van der Waals surface area contributed by atoms with E-state index in [9.17, 15) is 25.2 Å². The average Bonchev–Trinajstić information content (AvgIpc) is 3.61. The van der Waals surface area contributed by atoms with Crippen molar-refractivity contribution in [3.05, 3.63) is 34.9 Å². The number of methoxy groups -OCH3 is 3. The van der Waals surface area contributed by atoms with Crippen molar-refractivity contribution in [2.75, 3.05) is 41.3 Å². The van der Waals surface area contributed by atoms with Crippen LogP contribution in [0, 0.1) is 11.8 Å². The second-order valence-electron chi connectivity index (χ2n) is 10.4. The quantitative estimate of drug-likeness (QED) is 0.327. The lowest BCUT2D eigenvalue weighted by molar-refractivity contribution is -0.277. The molecule has 4 N–H and O–H groups in total. The molecular formula is C28H32O13. The number of fused-ring (bicyclic) bond motifs is 3. The molecule has 2 fully saturated rings. The molecule has 2 aromatic rings. The summed E-state index contributed by atoms with van der Waals surface area (Å²) in [5.41, 5.74) is 2.07. The molecule has 4 aliphatic rings. The first-order valence-corrected chi connectivity index (χ1v) is 13.2. The third kappa shape index (κ3) is 4.39. The van der Waals surface area contributed by atoms with Gasteiger partial charge in [-0.3, -0.25) is 4.79 Å². The summed E-state index contributed by atoms with van der Waals surface area (Å²) >= 11 is 0. The molecule has 0 amide bonds. The normalized spacial score (nSPS) is 31.6. The number of carbonyl (C=O) groups excluding carboxylic acids is 1. The van der Waals surface area contributed by atoms with E-state index in [2.05, 4.69) is 0 Å². The zero-order chi connectivity index (χ0) is 29.0. The van der Waals surface area contributed by atoms with Crippen LogP contribution in [0.25, 0.3) is 0 Å². The number of hydrogen-bond acceptors (Lipinski definition) is 13. The highest BCUT2D eigenvalue weighted by Gasteiger charge is 2.51. The summed E-state index contributed by atoms with van der Waals surface area (Å²) in [7, 11) is 4.52. The summed E-state index contributed by atoms with van der Waals surface area (Å²) in [6, 6.07) is 5.37. The molecule has 6 rings (SSSR count). The summed E-state index contributed by atoms with van der Waals surface area (Å²) in [6.07, 6.45) is -7.06. The maximum atomic E-state index is 13.1. The highest BCUT2D eigenvalue weighted by molar-refractivity contribution is 5.79. The predicted molar refractivity (Wildman–Crippen MR) is 137 cm³/mol. The van der Waals surface area contributed by atoms with Crippen LogP contribution < -0.4 is 28.4 Å². The number of benzene rings is 2. The fourth-order valence-electron chi connectivity index (χ4n) is 6.26. The van der Waals surface area contributed by atoms with Crippen LogP contribution in [-0.4, -0.2) is 98.4 Å². The van der Waals surface area contributed by atoms with E-state index in [1.54, 1.807) is 18.2 Å². The zero-order valence-corrected chi connectivity index (χ0v) is 22.6. The smallest absolute Gasteiger partial charge is 0.310 e. The Kier molecular flexibility index (Phi) is 7.24. The van der Waals surface area contributed by atoms with Gasteiger partial charge in [0.2, 0.25) is 24.6 Å². The van der Waals surface area contributed by atoms with Crippen molar-refractivity contribution in [1.82, 2.24) is 0 Å². The molecule has 0 radical (unpaired) electrons. The number of hydrogen-bond donors (Lipinski definition) is 4. The molecule has 0 spiro atoms. The average molecular weight is 577 g/mol. The molecule has 2 saturated heterocycles. The van der Waals surface area contributed by atoms with Crippen LogP contribution in [0.2, 0.25) is 0 Å². The lowest BCUT2D eigenvalue weighted by Gasteiger charge is -2.40. The molecule has 2 aromatic carbocycles. The van der Waals surface area contributed by atoms with Crippen molar-refractivity contribution < 1.29 is 63.1 Å². The molecule has 0 aromatic heterocycles. The van der Waals surface area contributed by atoms with Crippen molar-refractivity contribution in [2.45, 2.75) is 43.0 Å². The molecule has 1 aliphatic carbocycles. The number of ether oxygens (including phenoxy) is 8. The Morgan fingerprint density at radius 1 is 0.902 bits per heavy atom. The zero-order valence-electron chi connectivity index (χ0n) is 22.6. The van der Waals surface area contributed by atoms with Gasteiger partial charge in [0, 0.05) is 17.4 Å². The lowest BCUT2D eigenvalue weighted by atomic mass is 9.67. The number of rotatable bonds is 7. The molecule has 222 valence electrons. The van der Waals surface area contributed by atoms with Crippen molar-refractivity contribution in [3.8, 4) is 34.5 Å². The Balaban J connectivity index is 1.51. The minimum absolute atomic E-state index is 0.0903. The summed E-state index contributed by atoms with van der Waals surface area (Å²) in [5.74, 6) is 0.409. The van der Waals surface area contributed by atoms with Crippen LogP contribution in [-0.2, 0) is 20.7 Å². The predicted octanol–water partition coefficient (Wildman–Crippen LogP) is 0.0970. The molecular weight excluding hydrogens is 544 g/mol. The highest BCUT2D eigenvalue weighted by Crippen LogP contribution is 2.56. The largest absolute Gasteiger partial charge is 0.493 e. The van der Waals surface area contributed by atoms with Gasteiger partial charge >= 0.3 is 5.97 Å². The van der Waals surface area contributed by atoms with Gasteiger partial charge in [-0.05, 0) is 35.7 Å². The van der Waals surface area contributed by atoms with E-state index in [1.165, 1.54) is 21.3 Å².